The topological polar surface area (TPSA) is 26.3 Å². The van der Waals surface area contributed by atoms with Crippen LogP contribution in [-0.4, -0.2) is 5.24 Å². The predicted molar refractivity (Wildman–Crippen MR) is 87.8 cm³/mol. The van der Waals surface area contributed by atoms with Crippen LogP contribution in [0.2, 0.25) is 5.02 Å². The van der Waals surface area contributed by atoms with Crippen LogP contribution in [0.25, 0.3) is 10.1 Å². The number of carbonyl (C=O) groups excluding carboxylic acids is 1. The van der Waals surface area contributed by atoms with Crippen LogP contribution in [0.3, 0.4) is 0 Å². The van der Waals surface area contributed by atoms with Gasteiger partial charge in [-0.05, 0) is 35.4 Å². The average molecular weight is 337 g/mol. The van der Waals surface area contributed by atoms with Gasteiger partial charge in [-0.1, -0.05) is 41.9 Å². The summed E-state index contributed by atoms with van der Waals surface area (Å²) in [6.45, 7) is 0.493. The van der Waals surface area contributed by atoms with Crippen LogP contribution in [0.4, 0.5) is 0 Å². The summed E-state index contributed by atoms with van der Waals surface area (Å²) in [6, 6.07) is 15.5. The molecule has 0 saturated carbocycles. The van der Waals surface area contributed by atoms with Crippen molar-refractivity contribution in [3.05, 3.63) is 64.0 Å². The van der Waals surface area contributed by atoms with Crippen LogP contribution in [-0.2, 0) is 6.61 Å². The van der Waals surface area contributed by atoms with Gasteiger partial charge >= 0.3 is 0 Å². The fourth-order valence-electron chi connectivity index (χ4n) is 2.00. The predicted octanol–water partition coefficient (Wildman–Crippen LogP) is 5.51. The van der Waals surface area contributed by atoms with Crippen LogP contribution >= 0.6 is 34.5 Å². The number of halogens is 2. The fourth-order valence-corrected chi connectivity index (χ4v) is 3.64. The molecule has 0 bridgehead atoms. The van der Waals surface area contributed by atoms with Crippen LogP contribution < -0.4 is 4.74 Å². The van der Waals surface area contributed by atoms with Gasteiger partial charge in [0.25, 0.3) is 5.24 Å². The molecule has 0 spiro atoms. The van der Waals surface area contributed by atoms with Gasteiger partial charge in [0.05, 0.1) is 5.02 Å². The molecule has 3 rings (SSSR count). The van der Waals surface area contributed by atoms with Gasteiger partial charge in [-0.25, -0.2) is 0 Å². The molecule has 5 heteroatoms. The van der Waals surface area contributed by atoms with Crippen molar-refractivity contribution in [1.29, 1.82) is 0 Å². The highest BCUT2D eigenvalue weighted by atomic mass is 35.5. The Morgan fingerprint density at radius 1 is 1.14 bits per heavy atom. The Balaban J connectivity index is 1.86. The second-order valence-corrected chi connectivity index (χ2v) is 6.22. The van der Waals surface area contributed by atoms with Crippen molar-refractivity contribution >= 4 is 49.9 Å². The van der Waals surface area contributed by atoms with E-state index in [9.17, 15) is 4.79 Å². The van der Waals surface area contributed by atoms with Crippen molar-refractivity contribution in [3.63, 3.8) is 0 Å². The van der Waals surface area contributed by atoms with E-state index in [1.54, 1.807) is 0 Å². The summed E-state index contributed by atoms with van der Waals surface area (Å²) in [5.74, 6) is 0.734. The van der Waals surface area contributed by atoms with E-state index in [2.05, 4.69) is 0 Å². The van der Waals surface area contributed by atoms with Gasteiger partial charge in [0.2, 0.25) is 0 Å². The van der Waals surface area contributed by atoms with E-state index in [1.807, 2.05) is 48.5 Å². The lowest BCUT2D eigenvalue weighted by Gasteiger charge is -2.06. The molecule has 106 valence electrons. The summed E-state index contributed by atoms with van der Waals surface area (Å²) < 4.78 is 6.64. The Bertz CT molecular complexity index is 797. The summed E-state index contributed by atoms with van der Waals surface area (Å²) in [7, 11) is 0. The molecule has 1 heterocycles. The van der Waals surface area contributed by atoms with Gasteiger partial charge in [0, 0.05) is 10.1 Å². The molecular formula is C16H10Cl2O2S. The second-order valence-electron chi connectivity index (χ2n) is 4.45. The molecule has 0 aliphatic rings. The van der Waals surface area contributed by atoms with Gasteiger partial charge in [0.15, 0.2) is 0 Å². The largest absolute Gasteiger partial charge is 0.489 e. The number of thiophene rings is 1. The Labute approximate surface area is 135 Å². The van der Waals surface area contributed by atoms with E-state index < -0.39 is 5.24 Å². The Kier molecular flexibility index (Phi) is 4.15. The smallest absolute Gasteiger partial charge is 0.263 e. The quantitative estimate of drug-likeness (QED) is 0.587. The summed E-state index contributed by atoms with van der Waals surface area (Å²) >= 11 is 12.9. The summed E-state index contributed by atoms with van der Waals surface area (Å²) in [6.07, 6.45) is 0. The van der Waals surface area contributed by atoms with Crippen LogP contribution in [0.1, 0.15) is 15.2 Å². The molecule has 1 aromatic heterocycles. The number of carbonyl (C=O) groups is 1. The van der Waals surface area contributed by atoms with Gasteiger partial charge < -0.3 is 4.74 Å². The summed E-state index contributed by atoms with van der Waals surface area (Å²) in [4.78, 5) is 11.7. The van der Waals surface area contributed by atoms with E-state index in [1.165, 1.54) is 11.3 Å². The third-order valence-electron chi connectivity index (χ3n) is 3.03. The number of benzene rings is 2. The minimum Gasteiger partial charge on any atom is -0.489 e. The van der Waals surface area contributed by atoms with Gasteiger partial charge in [-0.3, -0.25) is 4.79 Å². The summed E-state index contributed by atoms with van der Waals surface area (Å²) in [5, 5.41) is 0.690. The molecule has 3 aromatic rings. The standard InChI is InChI=1S/C16H10Cl2O2S/c17-14-12-7-6-11(8-13(12)21-15(14)16(18)19)20-9-10-4-2-1-3-5-10/h1-8H,9H2. The van der Waals surface area contributed by atoms with E-state index in [0.29, 0.717) is 16.5 Å². The van der Waals surface area contributed by atoms with Crippen molar-refractivity contribution in [1.82, 2.24) is 0 Å². The first-order chi connectivity index (χ1) is 10.1. The lowest BCUT2D eigenvalue weighted by atomic mass is 10.2. The van der Waals surface area contributed by atoms with E-state index in [4.69, 9.17) is 27.9 Å². The molecule has 0 saturated heterocycles. The molecule has 0 fully saturated rings. The second kappa shape index (κ2) is 6.06. The van der Waals surface area contributed by atoms with Crippen LogP contribution in [0.15, 0.2) is 48.5 Å². The fraction of sp³-hybridized carbons (Fsp3) is 0.0625. The van der Waals surface area contributed by atoms with E-state index >= 15 is 0 Å². The third-order valence-corrected chi connectivity index (χ3v) is 4.98. The Morgan fingerprint density at radius 2 is 1.90 bits per heavy atom. The minimum atomic E-state index is -0.534. The first kappa shape index (κ1) is 14.4. The normalized spacial score (nSPS) is 10.8. The molecule has 21 heavy (non-hydrogen) atoms. The van der Waals surface area contributed by atoms with Crippen molar-refractivity contribution in [2.45, 2.75) is 6.61 Å². The minimum absolute atomic E-state index is 0.369. The monoisotopic (exact) mass is 336 g/mol. The molecule has 0 radical (unpaired) electrons. The third kappa shape index (κ3) is 3.05. The first-order valence-electron chi connectivity index (χ1n) is 6.24. The SMILES string of the molecule is O=C(Cl)c1sc2cc(OCc3ccccc3)ccc2c1Cl. The Hall–Kier alpha value is -1.55. The van der Waals surface area contributed by atoms with Crippen molar-refractivity contribution in [3.8, 4) is 5.75 Å². The number of fused-ring (bicyclic) bond motifs is 1. The van der Waals surface area contributed by atoms with Crippen molar-refractivity contribution in [2.75, 3.05) is 0 Å². The van der Waals surface area contributed by atoms with E-state index in [-0.39, 0.29) is 0 Å². The zero-order chi connectivity index (χ0) is 14.8. The number of hydrogen-bond acceptors (Lipinski definition) is 3. The molecule has 0 atom stereocenters. The maximum absolute atomic E-state index is 11.3. The molecule has 0 aliphatic heterocycles. The van der Waals surface area contributed by atoms with Gasteiger partial charge in [-0.15, -0.1) is 11.3 Å². The highest BCUT2D eigenvalue weighted by Crippen LogP contribution is 2.38. The summed E-state index contributed by atoms with van der Waals surface area (Å²) in [5.41, 5.74) is 1.10. The highest BCUT2D eigenvalue weighted by molar-refractivity contribution is 7.23. The molecule has 2 nitrogen and oxygen atoms in total. The number of hydrogen-bond donors (Lipinski definition) is 0. The zero-order valence-corrected chi connectivity index (χ0v) is 13.1. The molecule has 0 N–H and O–H groups in total. The van der Waals surface area contributed by atoms with Crippen molar-refractivity contribution < 1.29 is 9.53 Å². The number of rotatable bonds is 4. The van der Waals surface area contributed by atoms with Gasteiger partial charge in [0.1, 0.15) is 17.2 Å². The molecule has 0 aliphatic carbocycles. The average Bonchev–Trinajstić information content (AvgIpc) is 2.83. The van der Waals surface area contributed by atoms with E-state index in [0.717, 1.165) is 21.4 Å². The lowest BCUT2D eigenvalue weighted by Crippen LogP contribution is -1.94. The van der Waals surface area contributed by atoms with Crippen LogP contribution in [0.5, 0.6) is 5.75 Å². The number of ether oxygens (including phenoxy) is 1. The van der Waals surface area contributed by atoms with Crippen LogP contribution in [0, 0.1) is 0 Å². The Morgan fingerprint density at radius 3 is 2.62 bits per heavy atom. The molecule has 0 unspecified atom stereocenters. The maximum Gasteiger partial charge on any atom is 0.263 e. The maximum atomic E-state index is 11.3. The van der Waals surface area contributed by atoms with Gasteiger partial charge in [-0.2, -0.15) is 0 Å². The molecule has 2 aromatic carbocycles. The van der Waals surface area contributed by atoms with Crippen molar-refractivity contribution in [2.24, 2.45) is 0 Å². The first-order valence-corrected chi connectivity index (χ1v) is 7.81. The molecule has 0 amide bonds. The lowest BCUT2D eigenvalue weighted by molar-refractivity contribution is 0.108. The highest BCUT2D eigenvalue weighted by Gasteiger charge is 2.15. The zero-order valence-electron chi connectivity index (χ0n) is 10.8. The molecular weight excluding hydrogens is 327 g/mol.